The average molecular weight is 298 g/mol. The topological polar surface area (TPSA) is 90.8 Å². The maximum atomic E-state index is 12.1. The van der Waals surface area contributed by atoms with E-state index < -0.39 is 5.56 Å². The lowest BCUT2D eigenvalue weighted by Crippen LogP contribution is -2.18. The van der Waals surface area contributed by atoms with Gasteiger partial charge in [0, 0.05) is 12.0 Å². The predicted octanol–water partition coefficient (Wildman–Crippen LogP) is 1.47. The van der Waals surface area contributed by atoms with E-state index in [-0.39, 0.29) is 5.56 Å². The fraction of sp³-hybridized carbons (Fsp3) is 0.312. The van der Waals surface area contributed by atoms with Gasteiger partial charge in [-0.1, -0.05) is 0 Å². The molecule has 0 aliphatic heterocycles. The molecule has 0 aliphatic rings. The van der Waals surface area contributed by atoms with Crippen LogP contribution < -0.4 is 15.6 Å². The Hall–Kier alpha value is -2.65. The molecule has 0 radical (unpaired) electrons. The van der Waals surface area contributed by atoms with E-state index in [4.69, 9.17) is 4.74 Å². The van der Waals surface area contributed by atoms with Gasteiger partial charge in [-0.3, -0.25) is 4.79 Å². The average Bonchev–Trinajstić information content (AvgIpc) is 2.55. The number of aryl methyl sites for hydroxylation is 1. The number of hydrogen-bond acceptors (Lipinski definition) is 5. The first-order chi connectivity index (χ1) is 10.7. The molecule has 0 saturated heterocycles. The number of rotatable bonds is 6. The van der Waals surface area contributed by atoms with Crippen LogP contribution in [0.1, 0.15) is 17.8 Å². The zero-order chi connectivity index (χ0) is 15.9. The van der Waals surface area contributed by atoms with Gasteiger partial charge in [-0.05, 0) is 44.3 Å². The number of ether oxygens (including phenoxy) is 1. The summed E-state index contributed by atoms with van der Waals surface area (Å²) in [6.45, 7) is 0.835. The van der Waals surface area contributed by atoms with Gasteiger partial charge in [-0.2, -0.15) is 5.26 Å². The molecular formula is C16H18N4O2. The van der Waals surface area contributed by atoms with Crippen molar-refractivity contribution in [3.05, 3.63) is 46.0 Å². The van der Waals surface area contributed by atoms with Crippen LogP contribution in [0.3, 0.4) is 0 Å². The van der Waals surface area contributed by atoms with Crippen molar-refractivity contribution in [1.82, 2.24) is 15.3 Å². The number of nitriles is 1. The number of aromatic nitrogens is 2. The second kappa shape index (κ2) is 7.38. The van der Waals surface area contributed by atoms with Crippen molar-refractivity contribution in [1.29, 1.82) is 5.26 Å². The molecule has 22 heavy (non-hydrogen) atoms. The van der Waals surface area contributed by atoms with Crippen LogP contribution in [0.15, 0.2) is 29.1 Å². The SMILES string of the molecule is CNCCCc1nc(-c2ccc(OC)cc2)c(C#N)c(=O)[nH]1. The molecule has 2 aromatic rings. The van der Waals surface area contributed by atoms with Crippen LogP contribution in [0.2, 0.25) is 0 Å². The number of benzene rings is 1. The Kier molecular flexibility index (Phi) is 5.28. The van der Waals surface area contributed by atoms with Crippen molar-refractivity contribution in [3.63, 3.8) is 0 Å². The minimum Gasteiger partial charge on any atom is -0.497 e. The van der Waals surface area contributed by atoms with Gasteiger partial charge < -0.3 is 15.0 Å². The highest BCUT2D eigenvalue weighted by molar-refractivity contribution is 5.66. The van der Waals surface area contributed by atoms with Crippen molar-refractivity contribution in [3.8, 4) is 23.1 Å². The first kappa shape index (κ1) is 15.7. The normalized spacial score (nSPS) is 10.2. The van der Waals surface area contributed by atoms with Gasteiger partial charge in [0.05, 0.1) is 12.8 Å². The summed E-state index contributed by atoms with van der Waals surface area (Å²) in [5.41, 5.74) is 0.761. The van der Waals surface area contributed by atoms with Crippen LogP contribution in [-0.2, 0) is 6.42 Å². The van der Waals surface area contributed by atoms with Gasteiger partial charge in [0.1, 0.15) is 23.2 Å². The standard InChI is InChI=1S/C16H18N4O2/c1-18-9-3-4-14-19-15(13(10-17)16(21)20-14)11-5-7-12(22-2)8-6-11/h5-8,18H,3-4,9H2,1-2H3,(H,19,20,21). The molecule has 0 unspecified atom stereocenters. The summed E-state index contributed by atoms with van der Waals surface area (Å²) in [6.07, 6.45) is 1.50. The molecule has 1 aromatic heterocycles. The highest BCUT2D eigenvalue weighted by atomic mass is 16.5. The summed E-state index contributed by atoms with van der Waals surface area (Å²) in [7, 11) is 3.46. The molecule has 1 aromatic carbocycles. The Labute approximate surface area is 128 Å². The Morgan fingerprint density at radius 2 is 2.09 bits per heavy atom. The molecule has 0 atom stereocenters. The first-order valence-electron chi connectivity index (χ1n) is 7.02. The molecule has 2 N–H and O–H groups in total. The molecule has 6 nitrogen and oxygen atoms in total. The van der Waals surface area contributed by atoms with E-state index in [1.54, 1.807) is 31.4 Å². The van der Waals surface area contributed by atoms with E-state index in [1.165, 1.54) is 0 Å². The summed E-state index contributed by atoms with van der Waals surface area (Å²) in [5, 5.41) is 12.3. The maximum Gasteiger partial charge on any atom is 0.269 e. The maximum absolute atomic E-state index is 12.1. The zero-order valence-corrected chi connectivity index (χ0v) is 12.6. The van der Waals surface area contributed by atoms with Gasteiger partial charge in [0.15, 0.2) is 0 Å². The van der Waals surface area contributed by atoms with Crippen LogP contribution in [0, 0.1) is 11.3 Å². The third-order valence-corrected chi connectivity index (χ3v) is 3.28. The number of methoxy groups -OCH3 is 1. The van der Waals surface area contributed by atoms with E-state index in [0.717, 1.165) is 18.5 Å². The first-order valence-corrected chi connectivity index (χ1v) is 7.02. The van der Waals surface area contributed by atoms with Crippen LogP contribution >= 0.6 is 0 Å². The van der Waals surface area contributed by atoms with E-state index >= 15 is 0 Å². The van der Waals surface area contributed by atoms with Gasteiger partial charge in [0.25, 0.3) is 5.56 Å². The van der Waals surface area contributed by atoms with Crippen molar-refractivity contribution in [2.45, 2.75) is 12.8 Å². The summed E-state index contributed by atoms with van der Waals surface area (Å²) >= 11 is 0. The molecule has 6 heteroatoms. The number of nitrogens with zero attached hydrogens (tertiary/aromatic N) is 2. The molecule has 1 heterocycles. The number of H-pyrrole nitrogens is 1. The molecule has 0 saturated carbocycles. The van der Waals surface area contributed by atoms with Crippen molar-refractivity contribution < 1.29 is 4.74 Å². The van der Waals surface area contributed by atoms with Gasteiger partial charge in [-0.25, -0.2) is 4.98 Å². The molecule has 0 amide bonds. The summed E-state index contributed by atoms with van der Waals surface area (Å²) in [6, 6.07) is 9.07. The lowest BCUT2D eigenvalue weighted by molar-refractivity contribution is 0.415. The number of hydrogen-bond donors (Lipinski definition) is 2. The molecule has 114 valence electrons. The molecular weight excluding hydrogens is 280 g/mol. The minimum atomic E-state index is -0.400. The second-order valence-electron chi connectivity index (χ2n) is 4.78. The summed E-state index contributed by atoms with van der Waals surface area (Å²) in [4.78, 5) is 19.2. The third kappa shape index (κ3) is 3.51. The van der Waals surface area contributed by atoms with Crippen LogP contribution in [0.4, 0.5) is 0 Å². The Morgan fingerprint density at radius 3 is 2.68 bits per heavy atom. The predicted molar refractivity (Wildman–Crippen MR) is 83.8 cm³/mol. The Bertz CT molecular complexity index is 729. The smallest absolute Gasteiger partial charge is 0.269 e. The van der Waals surface area contributed by atoms with Crippen molar-refractivity contribution in [2.75, 3.05) is 20.7 Å². The van der Waals surface area contributed by atoms with Gasteiger partial charge in [-0.15, -0.1) is 0 Å². The molecule has 0 fully saturated rings. The third-order valence-electron chi connectivity index (χ3n) is 3.28. The summed E-state index contributed by atoms with van der Waals surface area (Å²) in [5.74, 6) is 1.30. The van der Waals surface area contributed by atoms with Crippen LogP contribution in [0.5, 0.6) is 5.75 Å². The van der Waals surface area contributed by atoms with E-state index in [0.29, 0.717) is 23.7 Å². The van der Waals surface area contributed by atoms with Crippen LogP contribution in [0.25, 0.3) is 11.3 Å². The van der Waals surface area contributed by atoms with Crippen molar-refractivity contribution in [2.24, 2.45) is 0 Å². The molecule has 0 aliphatic carbocycles. The second-order valence-corrected chi connectivity index (χ2v) is 4.78. The highest BCUT2D eigenvalue weighted by Crippen LogP contribution is 2.22. The van der Waals surface area contributed by atoms with Gasteiger partial charge >= 0.3 is 0 Å². The minimum absolute atomic E-state index is 0.0301. The largest absolute Gasteiger partial charge is 0.497 e. The van der Waals surface area contributed by atoms with Crippen LogP contribution in [-0.4, -0.2) is 30.7 Å². The molecule has 0 spiro atoms. The summed E-state index contributed by atoms with van der Waals surface area (Å²) < 4.78 is 5.11. The fourth-order valence-corrected chi connectivity index (χ4v) is 2.13. The van der Waals surface area contributed by atoms with Gasteiger partial charge in [0.2, 0.25) is 0 Å². The van der Waals surface area contributed by atoms with E-state index in [2.05, 4.69) is 15.3 Å². The fourth-order valence-electron chi connectivity index (χ4n) is 2.13. The lowest BCUT2D eigenvalue weighted by atomic mass is 10.1. The highest BCUT2D eigenvalue weighted by Gasteiger charge is 2.13. The van der Waals surface area contributed by atoms with E-state index in [9.17, 15) is 10.1 Å². The lowest BCUT2D eigenvalue weighted by Gasteiger charge is -2.07. The monoisotopic (exact) mass is 298 g/mol. The molecule has 0 bridgehead atoms. The number of nitrogens with one attached hydrogen (secondary N) is 2. The number of aromatic amines is 1. The Morgan fingerprint density at radius 1 is 1.36 bits per heavy atom. The van der Waals surface area contributed by atoms with Crippen molar-refractivity contribution >= 4 is 0 Å². The zero-order valence-electron chi connectivity index (χ0n) is 12.6. The molecule has 2 rings (SSSR count). The van der Waals surface area contributed by atoms with E-state index in [1.807, 2.05) is 13.1 Å². The Balaban J connectivity index is 2.43. The quantitative estimate of drug-likeness (QED) is 0.788.